The molecule has 1 spiro atoms. The second-order valence-corrected chi connectivity index (χ2v) is 5.46. The number of hydrogen-bond donors (Lipinski definition) is 2. The van der Waals surface area contributed by atoms with Gasteiger partial charge in [-0.25, -0.2) is 4.99 Å². The smallest absolute Gasteiger partial charge is 0.189 e. The molecule has 1 atom stereocenters. The van der Waals surface area contributed by atoms with Gasteiger partial charge in [-0.05, 0) is 38.0 Å². The zero-order valence-corrected chi connectivity index (χ0v) is 13.0. The van der Waals surface area contributed by atoms with Crippen LogP contribution < -0.4 is 11.1 Å². The number of nitrogens with zero attached hydrogens (tertiary/aromatic N) is 1. The van der Waals surface area contributed by atoms with E-state index >= 15 is 0 Å². The zero-order chi connectivity index (χ0) is 11.6. The maximum absolute atomic E-state index is 5.88. The van der Waals surface area contributed by atoms with E-state index in [0.717, 1.165) is 5.57 Å². The number of aliphatic imine (C=N–C) groups is 1. The second kappa shape index (κ2) is 6.07. The van der Waals surface area contributed by atoms with Gasteiger partial charge in [0.25, 0.3) is 0 Å². The summed E-state index contributed by atoms with van der Waals surface area (Å²) < 4.78 is 0. The molecule has 0 bridgehead atoms. The Morgan fingerprint density at radius 3 is 2.53 bits per heavy atom. The summed E-state index contributed by atoms with van der Waals surface area (Å²) in [6.45, 7) is 6.43. The van der Waals surface area contributed by atoms with E-state index in [1.807, 2.05) is 6.92 Å². The Morgan fingerprint density at radius 2 is 2.06 bits per heavy atom. The molecule has 17 heavy (non-hydrogen) atoms. The summed E-state index contributed by atoms with van der Waals surface area (Å²) in [7, 11) is 0. The van der Waals surface area contributed by atoms with Crippen LogP contribution in [0.25, 0.3) is 0 Å². The molecule has 2 rings (SSSR count). The number of hydrogen-bond acceptors (Lipinski definition) is 1. The Labute approximate surface area is 121 Å². The summed E-state index contributed by atoms with van der Waals surface area (Å²) in [6.07, 6.45) is 8.15. The molecule has 0 amide bonds. The van der Waals surface area contributed by atoms with Gasteiger partial charge in [0.1, 0.15) is 0 Å². The fraction of sp³-hybridized carbons (Fsp3) is 0.769. The van der Waals surface area contributed by atoms with Crippen LogP contribution in [0.1, 0.15) is 45.4 Å². The Bertz CT molecular complexity index is 306. The number of nitrogens with one attached hydrogen (secondary N) is 1. The Morgan fingerprint density at radius 1 is 1.41 bits per heavy atom. The van der Waals surface area contributed by atoms with Gasteiger partial charge in [0, 0.05) is 6.04 Å². The molecule has 98 valence electrons. The summed E-state index contributed by atoms with van der Waals surface area (Å²) in [4.78, 5) is 4.28. The Hall–Kier alpha value is -0.260. The van der Waals surface area contributed by atoms with Crippen molar-refractivity contribution in [2.45, 2.75) is 51.5 Å². The van der Waals surface area contributed by atoms with Crippen LogP contribution in [0.3, 0.4) is 0 Å². The van der Waals surface area contributed by atoms with Crippen molar-refractivity contribution in [2.75, 3.05) is 6.54 Å². The van der Waals surface area contributed by atoms with Crippen LogP contribution in [-0.4, -0.2) is 18.5 Å². The molecular formula is C13H24IN3. The van der Waals surface area contributed by atoms with Crippen LogP contribution in [0.5, 0.6) is 0 Å². The lowest BCUT2D eigenvalue weighted by Gasteiger charge is -2.47. The van der Waals surface area contributed by atoms with Crippen molar-refractivity contribution < 1.29 is 0 Å². The third-order valence-corrected chi connectivity index (χ3v) is 4.11. The van der Waals surface area contributed by atoms with Crippen molar-refractivity contribution >= 4 is 29.9 Å². The molecule has 2 fully saturated rings. The fourth-order valence-corrected chi connectivity index (χ4v) is 3.04. The standard InChI is InChI=1S/C13H23N3.HI/c1-10(2)9-15-12(14)16-11-5-8-13(11)6-3-4-7-13;/h11H,1,3-9H2,2H3,(H3,14,15,16);1H. The average molecular weight is 349 g/mol. The number of nitrogens with two attached hydrogens (primary N) is 1. The zero-order valence-electron chi connectivity index (χ0n) is 10.7. The Balaban J connectivity index is 0.00000144. The van der Waals surface area contributed by atoms with Crippen LogP contribution in [0.15, 0.2) is 17.1 Å². The highest BCUT2D eigenvalue weighted by Crippen LogP contribution is 2.53. The van der Waals surface area contributed by atoms with Gasteiger partial charge in [-0.15, -0.1) is 24.0 Å². The summed E-state index contributed by atoms with van der Waals surface area (Å²) >= 11 is 0. The normalized spacial score (nSPS) is 26.2. The van der Waals surface area contributed by atoms with Gasteiger partial charge < -0.3 is 11.1 Å². The summed E-state index contributed by atoms with van der Waals surface area (Å²) in [5.41, 5.74) is 7.49. The maximum Gasteiger partial charge on any atom is 0.189 e. The largest absolute Gasteiger partial charge is 0.370 e. The molecule has 0 saturated heterocycles. The predicted molar refractivity (Wildman–Crippen MR) is 83.8 cm³/mol. The van der Waals surface area contributed by atoms with Crippen molar-refractivity contribution in [3.63, 3.8) is 0 Å². The van der Waals surface area contributed by atoms with Crippen LogP contribution in [-0.2, 0) is 0 Å². The highest BCUT2D eigenvalue weighted by atomic mass is 127. The average Bonchev–Trinajstić information content (AvgIpc) is 2.72. The van der Waals surface area contributed by atoms with Gasteiger partial charge in [0.05, 0.1) is 6.54 Å². The SMILES string of the molecule is C=C(C)CN=C(N)NC1CCC12CCCC2.I. The molecule has 0 aromatic heterocycles. The first-order chi connectivity index (χ1) is 7.62. The van der Waals surface area contributed by atoms with Gasteiger partial charge in [-0.3, -0.25) is 0 Å². The minimum atomic E-state index is 0. The molecule has 4 heteroatoms. The second-order valence-electron chi connectivity index (χ2n) is 5.46. The van der Waals surface area contributed by atoms with E-state index in [4.69, 9.17) is 5.73 Å². The quantitative estimate of drug-likeness (QED) is 0.356. The topological polar surface area (TPSA) is 50.4 Å². The highest BCUT2D eigenvalue weighted by Gasteiger charge is 2.48. The van der Waals surface area contributed by atoms with Crippen LogP contribution in [0.2, 0.25) is 0 Å². The van der Waals surface area contributed by atoms with Crippen molar-refractivity contribution in [1.82, 2.24) is 5.32 Å². The van der Waals surface area contributed by atoms with Crippen LogP contribution in [0.4, 0.5) is 0 Å². The minimum Gasteiger partial charge on any atom is -0.370 e. The third kappa shape index (κ3) is 3.36. The molecule has 3 nitrogen and oxygen atoms in total. The van der Waals surface area contributed by atoms with Gasteiger partial charge in [-0.1, -0.05) is 25.0 Å². The molecule has 2 aliphatic rings. The Kier molecular flexibility index (Phi) is 5.28. The van der Waals surface area contributed by atoms with Crippen LogP contribution >= 0.6 is 24.0 Å². The lowest BCUT2D eigenvalue weighted by Crippen LogP contribution is -2.55. The van der Waals surface area contributed by atoms with E-state index in [0.29, 0.717) is 24.0 Å². The first-order valence-corrected chi connectivity index (χ1v) is 6.33. The minimum absolute atomic E-state index is 0. The number of halogens is 1. The van der Waals surface area contributed by atoms with E-state index in [-0.39, 0.29) is 24.0 Å². The van der Waals surface area contributed by atoms with Gasteiger partial charge in [-0.2, -0.15) is 0 Å². The van der Waals surface area contributed by atoms with E-state index < -0.39 is 0 Å². The van der Waals surface area contributed by atoms with Crippen LogP contribution in [0, 0.1) is 5.41 Å². The van der Waals surface area contributed by atoms with E-state index in [2.05, 4.69) is 16.9 Å². The molecule has 0 radical (unpaired) electrons. The van der Waals surface area contributed by atoms with Crippen molar-refractivity contribution in [2.24, 2.45) is 16.1 Å². The number of guanidine groups is 1. The fourth-order valence-electron chi connectivity index (χ4n) is 3.04. The molecule has 0 aliphatic heterocycles. The molecule has 0 aromatic carbocycles. The first-order valence-electron chi connectivity index (χ1n) is 6.33. The molecule has 2 aliphatic carbocycles. The maximum atomic E-state index is 5.88. The molecule has 0 heterocycles. The number of rotatable bonds is 3. The first kappa shape index (κ1) is 14.8. The van der Waals surface area contributed by atoms with E-state index in [9.17, 15) is 0 Å². The van der Waals surface area contributed by atoms with Gasteiger partial charge >= 0.3 is 0 Å². The summed E-state index contributed by atoms with van der Waals surface area (Å²) in [6, 6.07) is 0.573. The lowest BCUT2D eigenvalue weighted by molar-refractivity contribution is 0.0872. The van der Waals surface area contributed by atoms with Gasteiger partial charge in [0.15, 0.2) is 5.96 Å². The summed E-state index contributed by atoms with van der Waals surface area (Å²) in [5, 5.41) is 3.39. The van der Waals surface area contributed by atoms with E-state index in [1.54, 1.807) is 0 Å². The van der Waals surface area contributed by atoms with Gasteiger partial charge in [0.2, 0.25) is 0 Å². The lowest BCUT2D eigenvalue weighted by atomic mass is 9.63. The molecule has 2 saturated carbocycles. The molecule has 1 unspecified atom stereocenters. The predicted octanol–water partition coefficient (Wildman–Crippen LogP) is 2.81. The third-order valence-electron chi connectivity index (χ3n) is 4.11. The molecular weight excluding hydrogens is 325 g/mol. The molecule has 3 N–H and O–H groups in total. The van der Waals surface area contributed by atoms with Crippen molar-refractivity contribution in [3.8, 4) is 0 Å². The monoisotopic (exact) mass is 349 g/mol. The summed E-state index contributed by atoms with van der Waals surface area (Å²) in [5.74, 6) is 0.596. The highest BCUT2D eigenvalue weighted by molar-refractivity contribution is 14.0. The van der Waals surface area contributed by atoms with Crippen molar-refractivity contribution in [3.05, 3.63) is 12.2 Å². The van der Waals surface area contributed by atoms with Crippen molar-refractivity contribution in [1.29, 1.82) is 0 Å². The molecule has 0 aromatic rings. The van der Waals surface area contributed by atoms with E-state index in [1.165, 1.54) is 38.5 Å².